The molecule has 0 aliphatic carbocycles. The largest absolute Gasteiger partial charge is 0.465 e. The molecule has 130 valence electrons. The summed E-state index contributed by atoms with van der Waals surface area (Å²) in [7, 11) is 0. The summed E-state index contributed by atoms with van der Waals surface area (Å²) in [6.07, 6.45) is 0. The smallest absolute Gasteiger partial charge is 0.320 e. The van der Waals surface area contributed by atoms with Crippen LogP contribution in [0.1, 0.15) is 27.7 Å². The van der Waals surface area contributed by atoms with Crippen LogP contribution in [-0.2, 0) is 14.3 Å². The number of quaternary nitrogens is 1. The number of carbonyl (C=O) groups excluding carboxylic acids is 2. The van der Waals surface area contributed by atoms with Crippen molar-refractivity contribution in [2.24, 2.45) is 16.8 Å². The fraction of sp³-hybridized carbons (Fsp3) is 0.812. The third kappa shape index (κ3) is 4.02. The Morgan fingerprint density at radius 1 is 1.39 bits per heavy atom. The first kappa shape index (κ1) is 17.7. The van der Waals surface area contributed by atoms with Crippen LogP contribution in [0.2, 0.25) is 0 Å². The lowest BCUT2D eigenvalue weighted by atomic mass is 9.89. The van der Waals surface area contributed by atoms with Gasteiger partial charge in [-0.15, -0.1) is 0 Å². The Bertz CT molecular complexity index is 470. The van der Waals surface area contributed by atoms with E-state index in [0.717, 1.165) is 32.7 Å². The Balaban J connectivity index is 2.15. The zero-order valence-corrected chi connectivity index (χ0v) is 14.6. The highest BCUT2D eigenvalue weighted by Crippen LogP contribution is 2.22. The number of hydrogen-bond donors (Lipinski definition) is 2. The van der Waals surface area contributed by atoms with Gasteiger partial charge in [-0.05, 0) is 19.8 Å². The van der Waals surface area contributed by atoms with E-state index >= 15 is 0 Å². The molecule has 1 fully saturated rings. The van der Waals surface area contributed by atoms with E-state index in [9.17, 15) is 9.59 Å². The Morgan fingerprint density at radius 2 is 2.04 bits per heavy atom. The van der Waals surface area contributed by atoms with Crippen LogP contribution in [0.5, 0.6) is 0 Å². The zero-order valence-electron chi connectivity index (χ0n) is 14.6. The third-order valence-electron chi connectivity index (χ3n) is 4.62. The number of nitrogens with zero attached hydrogens (tertiary/aromatic N) is 2. The standard InChI is InChI=1S/C16H28N4O3/c1-5-19-7-9-20(10-8-19)16-17-13(11(3)4)12(14(21)18-16)15(22)23-6-2/h11-13H,5-10H2,1-4H3,(H,17,18,21)/p+1/t12-,13-/m0/s1. The van der Waals surface area contributed by atoms with Gasteiger partial charge < -0.3 is 14.5 Å². The van der Waals surface area contributed by atoms with E-state index in [-0.39, 0.29) is 24.5 Å². The number of likely N-dealkylation sites (N-methyl/N-ethyl adjacent to an activating group) is 1. The van der Waals surface area contributed by atoms with Crippen LogP contribution < -0.4 is 10.2 Å². The van der Waals surface area contributed by atoms with Crippen LogP contribution >= 0.6 is 0 Å². The molecule has 7 nitrogen and oxygen atoms in total. The number of esters is 1. The summed E-state index contributed by atoms with van der Waals surface area (Å²) in [5.41, 5.74) is 0. The zero-order chi connectivity index (χ0) is 17.0. The van der Waals surface area contributed by atoms with Crippen LogP contribution in [0.3, 0.4) is 0 Å². The van der Waals surface area contributed by atoms with Gasteiger partial charge in [0, 0.05) is 0 Å². The lowest BCUT2D eigenvalue weighted by Gasteiger charge is -2.37. The van der Waals surface area contributed by atoms with E-state index in [1.165, 1.54) is 0 Å². The molecule has 2 aliphatic rings. The van der Waals surface area contributed by atoms with Gasteiger partial charge >= 0.3 is 5.97 Å². The highest BCUT2D eigenvalue weighted by Gasteiger charge is 2.42. The third-order valence-corrected chi connectivity index (χ3v) is 4.62. The summed E-state index contributed by atoms with van der Waals surface area (Å²) in [4.78, 5) is 33.0. The van der Waals surface area contributed by atoms with E-state index in [4.69, 9.17) is 9.73 Å². The van der Waals surface area contributed by atoms with Gasteiger partial charge in [-0.2, -0.15) is 0 Å². The van der Waals surface area contributed by atoms with Gasteiger partial charge in [-0.25, -0.2) is 4.99 Å². The lowest BCUT2D eigenvalue weighted by Crippen LogP contribution is -3.14. The number of aliphatic imine (C=N–C) groups is 1. The molecule has 0 spiro atoms. The summed E-state index contributed by atoms with van der Waals surface area (Å²) >= 11 is 0. The summed E-state index contributed by atoms with van der Waals surface area (Å²) in [5, 5.41) is 2.82. The van der Waals surface area contributed by atoms with Crippen molar-refractivity contribution in [3.8, 4) is 0 Å². The molecule has 0 aromatic heterocycles. The Labute approximate surface area is 138 Å². The minimum absolute atomic E-state index is 0.0908. The molecule has 2 N–H and O–H groups in total. The van der Waals surface area contributed by atoms with Crippen LogP contribution in [0.4, 0.5) is 0 Å². The number of hydrogen-bond acceptors (Lipinski definition) is 5. The van der Waals surface area contributed by atoms with Crippen molar-refractivity contribution in [3.05, 3.63) is 0 Å². The quantitative estimate of drug-likeness (QED) is 0.508. The molecule has 2 aliphatic heterocycles. The lowest BCUT2D eigenvalue weighted by molar-refractivity contribution is -0.902. The molecule has 0 saturated carbocycles. The van der Waals surface area contributed by atoms with Crippen molar-refractivity contribution >= 4 is 17.8 Å². The number of piperazine rings is 1. The van der Waals surface area contributed by atoms with Crippen LogP contribution in [0.15, 0.2) is 4.99 Å². The summed E-state index contributed by atoms with van der Waals surface area (Å²) in [5.74, 6) is -0.914. The van der Waals surface area contributed by atoms with Crippen molar-refractivity contribution in [1.29, 1.82) is 0 Å². The fourth-order valence-corrected chi connectivity index (χ4v) is 3.15. The van der Waals surface area contributed by atoms with Gasteiger partial charge in [-0.1, -0.05) is 13.8 Å². The minimum Gasteiger partial charge on any atom is -0.465 e. The normalized spacial score (nSPS) is 26.0. The molecule has 0 bridgehead atoms. The Morgan fingerprint density at radius 3 is 2.57 bits per heavy atom. The maximum absolute atomic E-state index is 12.5. The van der Waals surface area contributed by atoms with Gasteiger partial charge in [0.1, 0.15) is 0 Å². The van der Waals surface area contributed by atoms with Crippen molar-refractivity contribution in [2.45, 2.75) is 33.7 Å². The topological polar surface area (TPSA) is 75.4 Å². The molecule has 2 rings (SSSR count). The highest BCUT2D eigenvalue weighted by molar-refractivity contribution is 6.08. The molecule has 0 aromatic rings. The van der Waals surface area contributed by atoms with Crippen LogP contribution in [0, 0.1) is 11.8 Å². The second kappa shape index (κ2) is 7.77. The average molecular weight is 325 g/mol. The number of nitrogens with one attached hydrogen (secondary N) is 2. The monoisotopic (exact) mass is 325 g/mol. The van der Waals surface area contributed by atoms with Crippen molar-refractivity contribution in [1.82, 2.24) is 10.2 Å². The number of carbonyl (C=O) groups is 2. The van der Waals surface area contributed by atoms with Crippen molar-refractivity contribution in [2.75, 3.05) is 39.3 Å². The first-order valence-electron chi connectivity index (χ1n) is 8.61. The summed E-state index contributed by atoms with van der Waals surface area (Å²) < 4.78 is 5.06. The first-order valence-corrected chi connectivity index (χ1v) is 8.61. The molecule has 23 heavy (non-hydrogen) atoms. The summed E-state index contributed by atoms with van der Waals surface area (Å²) in [6.45, 7) is 13.1. The second-order valence-electron chi connectivity index (χ2n) is 6.50. The fourth-order valence-electron chi connectivity index (χ4n) is 3.15. The first-order chi connectivity index (χ1) is 11.0. The van der Waals surface area contributed by atoms with Crippen molar-refractivity contribution < 1.29 is 19.2 Å². The van der Waals surface area contributed by atoms with E-state index < -0.39 is 11.9 Å². The van der Waals surface area contributed by atoms with Gasteiger partial charge in [0.15, 0.2) is 5.92 Å². The molecule has 1 saturated heterocycles. The van der Waals surface area contributed by atoms with Crippen LogP contribution in [-0.4, -0.2) is 68.1 Å². The van der Waals surface area contributed by atoms with E-state index in [1.54, 1.807) is 11.8 Å². The van der Waals surface area contributed by atoms with Gasteiger partial charge in [0.2, 0.25) is 11.9 Å². The number of ether oxygens (including phenoxy) is 1. The maximum Gasteiger partial charge on any atom is 0.320 e. The number of guanidine groups is 1. The molecule has 0 aromatic carbocycles. The second-order valence-corrected chi connectivity index (χ2v) is 6.50. The van der Waals surface area contributed by atoms with E-state index in [1.807, 2.05) is 13.8 Å². The molecular weight excluding hydrogens is 296 g/mol. The number of amides is 1. The SMILES string of the molecule is CCOC(=O)[C@@H]1C(=O)NC(N2CC[NH+](CC)CC2)=N[C@H]1C(C)C. The molecule has 0 unspecified atom stereocenters. The predicted octanol–water partition coefficient (Wildman–Crippen LogP) is -1.10. The Kier molecular flexibility index (Phi) is 5.98. The minimum atomic E-state index is -0.846. The summed E-state index contributed by atoms with van der Waals surface area (Å²) in [6, 6.07) is -0.366. The Hall–Kier alpha value is -1.63. The van der Waals surface area contributed by atoms with Gasteiger partial charge in [-0.3, -0.25) is 14.9 Å². The molecule has 1 amide bonds. The van der Waals surface area contributed by atoms with Crippen LogP contribution in [0.25, 0.3) is 0 Å². The average Bonchev–Trinajstić information content (AvgIpc) is 2.54. The van der Waals surface area contributed by atoms with Crippen molar-refractivity contribution in [3.63, 3.8) is 0 Å². The molecule has 2 atom stereocenters. The van der Waals surface area contributed by atoms with E-state index in [0.29, 0.717) is 5.96 Å². The molecule has 7 heteroatoms. The highest BCUT2D eigenvalue weighted by atomic mass is 16.5. The predicted molar refractivity (Wildman–Crippen MR) is 87.1 cm³/mol. The van der Waals surface area contributed by atoms with Gasteiger partial charge in [0.05, 0.1) is 45.4 Å². The number of rotatable bonds is 4. The molecular formula is C16H29N4O3+. The van der Waals surface area contributed by atoms with Gasteiger partial charge in [0.25, 0.3) is 0 Å². The van der Waals surface area contributed by atoms with E-state index in [2.05, 4.69) is 17.1 Å². The molecule has 2 heterocycles. The molecule has 0 radical (unpaired) electrons. The maximum atomic E-state index is 12.5.